The van der Waals surface area contributed by atoms with Crippen LogP contribution in [-0.4, -0.2) is 35.5 Å². The molecule has 2 atom stereocenters. The van der Waals surface area contributed by atoms with E-state index in [9.17, 15) is 9.59 Å². The highest BCUT2D eigenvalue weighted by atomic mass is 16.2. The van der Waals surface area contributed by atoms with Crippen molar-refractivity contribution in [2.24, 2.45) is 11.7 Å². The maximum absolute atomic E-state index is 12.4. The van der Waals surface area contributed by atoms with E-state index in [0.29, 0.717) is 6.04 Å². The van der Waals surface area contributed by atoms with Crippen LogP contribution in [0.2, 0.25) is 0 Å². The van der Waals surface area contributed by atoms with Crippen molar-refractivity contribution < 1.29 is 9.59 Å². The number of carbonyl (C=O) groups excluding carboxylic acids is 2. The van der Waals surface area contributed by atoms with Crippen LogP contribution in [0.3, 0.4) is 0 Å². The molecule has 5 heteroatoms. The lowest BCUT2D eigenvalue weighted by atomic mass is 9.84. The molecule has 1 aliphatic carbocycles. The number of primary amides is 1. The quantitative estimate of drug-likeness (QED) is 0.827. The monoisotopic (exact) mass is 281 g/mol. The fourth-order valence-corrected chi connectivity index (χ4v) is 3.70. The first kappa shape index (κ1) is 15.1. The van der Waals surface area contributed by atoms with Crippen LogP contribution >= 0.6 is 0 Å². The van der Waals surface area contributed by atoms with E-state index in [0.717, 1.165) is 31.7 Å². The third-order valence-electron chi connectivity index (χ3n) is 4.72. The molecule has 1 aliphatic heterocycles. The normalized spacial score (nSPS) is 25.4. The second kappa shape index (κ2) is 6.95. The maximum Gasteiger partial charge on any atom is 0.312 e. The summed E-state index contributed by atoms with van der Waals surface area (Å²) < 4.78 is 0. The Kier molecular flexibility index (Phi) is 5.26. The lowest BCUT2D eigenvalue weighted by Crippen LogP contribution is -2.50. The van der Waals surface area contributed by atoms with E-state index in [4.69, 9.17) is 5.73 Å². The van der Waals surface area contributed by atoms with Crippen molar-refractivity contribution in [3.05, 3.63) is 0 Å². The Morgan fingerprint density at radius 3 is 2.55 bits per heavy atom. The first-order valence-electron chi connectivity index (χ1n) is 7.94. The molecule has 114 valence electrons. The zero-order chi connectivity index (χ0) is 14.5. The van der Waals surface area contributed by atoms with Gasteiger partial charge in [-0.05, 0) is 32.1 Å². The number of rotatable bonds is 4. The highest BCUT2D eigenvalue weighted by molar-refractivity contribution is 5.86. The van der Waals surface area contributed by atoms with Crippen molar-refractivity contribution in [1.82, 2.24) is 10.2 Å². The zero-order valence-corrected chi connectivity index (χ0v) is 12.4. The molecule has 0 aromatic heterocycles. The standard InChI is InChI=1S/C15H27N3O2/c1-11(17-15(16)20)14(19)18-9-5-8-13(18)10-12-6-3-2-4-7-12/h11-13H,2-10H2,1H3,(H3,16,17,20). The Hall–Kier alpha value is -1.26. The highest BCUT2D eigenvalue weighted by Crippen LogP contribution is 2.32. The van der Waals surface area contributed by atoms with E-state index in [1.807, 2.05) is 4.90 Å². The molecule has 2 aliphatic rings. The molecule has 2 unspecified atom stereocenters. The maximum atomic E-state index is 12.4. The van der Waals surface area contributed by atoms with Gasteiger partial charge in [-0.2, -0.15) is 0 Å². The van der Waals surface area contributed by atoms with E-state index < -0.39 is 12.1 Å². The van der Waals surface area contributed by atoms with Crippen LogP contribution in [0.1, 0.15) is 58.3 Å². The Morgan fingerprint density at radius 2 is 1.90 bits per heavy atom. The molecule has 3 amide bonds. The molecule has 3 N–H and O–H groups in total. The minimum absolute atomic E-state index is 0.0158. The number of likely N-dealkylation sites (tertiary alicyclic amines) is 1. The predicted octanol–water partition coefficient (Wildman–Crippen LogP) is 2.00. The average Bonchev–Trinajstić information content (AvgIpc) is 2.86. The molecule has 1 saturated carbocycles. The summed E-state index contributed by atoms with van der Waals surface area (Å²) in [6.45, 7) is 2.53. The lowest BCUT2D eigenvalue weighted by molar-refractivity contribution is -0.133. The number of nitrogens with zero attached hydrogens (tertiary/aromatic N) is 1. The zero-order valence-electron chi connectivity index (χ0n) is 12.4. The van der Waals surface area contributed by atoms with Gasteiger partial charge in [0.15, 0.2) is 0 Å². The van der Waals surface area contributed by atoms with Gasteiger partial charge in [0, 0.05) is 12.6 Å². The van der Waals surface area contributed by atoms with E-state index in [1.165, 1.54) is 32.1 Å². The first-order chi connectivity index (χ1) is 9.58. The first-order valence-corrected chi connectivity index (χ1v) is 7.94. The van der Waals surface area contributed by atoms with Crippen LogP contribution in [0.25, 0.3) is 0 Å². The Morgan fingerprint density at radius 1 is 1.20 bits per heavy atom. The van der Waals surface area contributed by atoms with Gasteiger partial charge in [-0.3, -0.25) is 4.79 Å². The lowest BCUT2D eigenvalue weighted by Gasteiger charge is -2.31. The number of hydrogen-bond donors (Lipinski definition) is 2. The molecular formula is C15H27N3O2. The largest absolute Gasteiger partial charge is 0.352 e. The summed E-state index contributed by atoms with van der Waals surface area (Å²) in [6, 6.07) is -0.781. The van der Waals surface area contributed by atoms with Gasteiger partial charge in [0.2, 0.25) is 5.91 Å². The van der Waals surface area contributed by atoms with Crippen LogP contribution in [0.5, 0.6) is 0 Å². The number of carbonyl (C=O) groups is 2. The van der Waals surface area contributed by atoms with Crippen molar-refractivity contribution in [3.63, 3.8) is 0 Å². The summed E-state index contributed by atoms with van der Waals surface area (Å²) in [4.78, 5) is 25.2. The van der Waals surface area contributed by atoms with Crippen LogP contribution < -0.4 is 11.1 Å². The minimum Gasteiger partial charge on any atom is -0.352 e. The van der Waals surface area contributed by atoms with Crippen molar-refractivity contribution in [2.75, 3.05) is 6.54 Å². The van der Waals surface area contributed by atoms with E-state index in [2.05, 4.69) is 5.32 Å². The second-order valence-corrected chi connectivity index (χ2v) is 6.30. The summed E-state index contributed by atoms with van der Waals surface area (Å²) in [6.07, 6.45) is 9.98. The van der Waals surface area contributed by atoms with Crippen molar-refractivity contribution in [2.45, 2.75) is 70.4 Å². The number of hydrogen-bond acceptors (Lipinski definition) is 2. The summed E-state index contributed by atoms with van der Waals surface area (Å²) in [5.41, 5.74) is 5.09. The van der Waals surface area contributed by atoms with Gasteiger partial charge in [0.1, 0.15) is 6.04 Å². The van der Waals surface area contributed by atoms with Gasteiger partial charge in [-0.15, -0.1) is 0 Å². The number of nitrogens with one attached hydrogen (secondary N) is 1. The van der Waals surface area contributed by atoms with Gasteiger partial charge < -0.3 is 16.0 Å². The molecule has 5 nitrogen and oxygen atoms in total. The van der Waals surface area contributed by atoms with Crippen LogP contribution in [0.4, 0.5) is 4.79 Å². The van der Waals surface area contributed by atoms with E-state index in [-0.39, 0.29) is 5.91 Å². The third-order valence-corrected chi connectivity index (χ3v) is 4.72. The molecule has 0 aromatic rings. The molecule has 0 bridgehead atoms. The third kappa shape index (κ3) is 3.87. The number of amides is 3. The summed E-state index contributed by atoms with van der Waals surface area (Å²) >= 11 is 0. The molecule has 0 aromatic carbocycles. The number of urea groups is 1. The fourth-order valence-electron chi connectivity index (χ4n) is 3.70. The fraction of sp³-hybridized carbons (Fsp3) is 0.867. The molecule has 1 saturated heterocycles. The number of nitrogens with two attached hydrogens (primary N) is 1. The van der Waals surface area contributed by atoms with E-state index >= 15 is 0 Å². The van der Waals surface area contributed by atoms with Gasteiger partial charge in [0.05, 0.1) is 0 Å². The van der Waals surface area contributed by atoms with Crippen molar-refractivity contribution in [3.8, 4) is 0 Å². The van der Waals surface area contributed by atoms with Crippen LogP contribution in [-0.2, 0) is 4.79 Å². The summed E-state index contributed by atoms with van der Waals surface area (Å²) in [5, 5.41) is 2.49. The average molecular weight is 281 g/mol. The molecule has 2 rings (SSSR count). The Labute approximate surface area is 121 Å². The van der Waals surface area contributed by atoms with Gasteiger partial charge in [0.25, 0.3) is 0 Å². The molecule has 0 radical (unpaired) electrons. The smallest absolute Gasteiger partial charge is 0.312 e. The second-order valence-electron chi connectivity index (χ2n) is 6.30. The van der Waals surface area contributed by atoms with Gasteiger partial charge in [-0.25, -0.2) is 4.79 Å². The van der Waals surface area contributed by atoms with Crippen molar-refractivity contribution >= 4 is 11.9 Å². The Bertz CT molecular complexity index is 353. The topological polar surface area (TPSA) is 75.4 Å². The predicted molar refractivity (Wildman–Crippen MR) is 78.1 cm³/mol. The molecule has 1 heterocycles. The summed E-state index contributed by atoms with van der Waals surface area (Å²) in [7, 11) is 0. The molecule has 20 heavy (non-hydrogen) atoms. The summed E-state index contributed by atoms with van der Waals surface area (Å²) in [5.74, 6) is 0.795. The molecular weight excluding hydrogens is 254 g/mol. The SMILES string of the molecule is CC(NC(N)=O)C(=O)N1CCCC1CC1CCCCC1. The van der Waals surface area contributed by atoms with Crippen molar-refractivity contribution in [1.29, 1.82) is 0 Å². The van der Waals surface area contributed by atoms with Crippen LogP contribution in [0, 0.1) is 5.92 Å². The van der Waals surface area contributed by atoms with Crippen LogP contribution in [0.15, 0.2) is 0 Å². The van der Waals surface area contributed by atoms with Gasteiger partial charge in [-0.1, -0.05) is 32.1 Å². The Balaban J connectivity index is 1.88. The molecule has 2 fully saturated rings. The van der Waals surface area contributed by atoms with Gasteiger partial charge >= 0.3 is 6.03 Å². The minimum atomic E-state index is -0.631. The highest BCUT2D eigenvalue weighted by Gasteiger charge is 2.33. The van der Waals surface area contributed by atoms with E-state index in [1.54, 1.807) is 6.92 Å². The molecule has 0 spiro atoms.